The minimum absolute atomic E-state index is 0.183. The highest BCUT2D eigenvalue weighted by Crippen LogP contribution is 2.36. The van der Waals surface area contributed by atoms with E-state index >= 15 is 0 Å². The van der Waals surface area contributed by atoms with Crippen LogP contribution in [0.3, 0.4) is 0 Å². The molecule has 3 aromatic rings. The number of carbonyl (C=O) groups excluding carboxylic acids is 3. The van der Waals surface area contributed by atoms with Gasteiger partial charge in [0.25, 0.3) is 11.8 Å². The third-order valence-corrected chi connectivity index (χ3v) is 6.46. The van der Waals surface area contributed by atoms with Gasteiger partial charge in [0, 0.05) is 4.90 Å². The van der Waals surface area contributed by atoms with E-state index in [0.717, 1.165) is 20.9 Å². The van der Waals surface area contributed by atoms with Crippen LogP contribution >= 0.6 is 27.7 Å². The van der Waals surface area contributed by atoms with E-state index in [2.05, 4.69) is 21.2 Å². The number of benzene rings is 2. The van der Waals surface area contributed by atoms with E-state index in [4.69, 9.17) is 4.42 Å². The molecule has 1 N–H and O–H groups in total. The van der Waals surface area contributed by atoms with Crippen molar-refractivity contribution in [3.05, 3.63) is 81.5 Å². The molecule has 1 aliphatic rings. The SMILES string of the molecule is Cc1ccc(N2C(=O)NC(=O)/C(=C\c3cc(Br)c(Sc4ccccc4)o3)C2=O)c(C)c1. The Morgan fingerprint density at radius 1 is 1.03 bits per heavy atom. The average Bonchev–Trinajstić information content (AvgIpc) is 3.06. The quantitative estimate of drug-likeness (QED) is 0.382. The lowest BCUT2D eigenvalue weighted by atomic mass is 10.1. The number of urea groups is 1. The van der Waals surface area contributed by atoms with Gasteiger partial charge >= 0.3 is 6.03 Å². The second-order valence-corrected chi connectivity index (χ2v) is 8.85. The Morgan fingerprint density at radius 3 is 2.48 bits per heavy atom. The molecule has 0 saturated carbocycles. The lowest BCUT2D eigenvalue weighted by molar-refractivity contribution is -0.122. The van der Waals surface area contributed by atoms with Crippen molar-refractivity contribution in [3.8, 4) is 0 Å². The number of hydrogen-bond acceptors (Lipinski definition) is 5. The number of nitrogens with zero attached hydrogens (tertiary/aromatic N) is 1. The van der Waals surface area contributed by atoms with E-state index in [9.17, 15) is 14.4 Å². The first-order valence-corrected chi connectivity index (χ1v) is 11.0. The molecular weight excluding hydrogens is 480 g/mol. The van der Waals surface area contributed by atoms with Gasteiger partial charge in [-0.3, -0.25) is 14.9 Å². The molecule has 1 aliphatic heterocycles. The first-order valence-electron chi connectivity index (χ1n) is 9.34. The molecule has 1 fully saturated rings. The van der Waals surface area contributed by atoms with Crippen molar-refractivity contribution in [1.29, 1.82) is 0 Å². The van der Waals surface area contributed by atoms with Crippen molar-refractivity contribution in [3.63, 3.8) is 0 Å². The number of imide groups is 2. The number of anilines is 1. The maximum absolute atomic E-state index is 13.1. The summed E-state index contributed by atoms with van der Waals surface area (Å²) in [4.78, 5) is 39.9. The smallest absolute Gasteiger partial charge is 0.335 e. The van der Waals surface area contributed by atoms with Crippen LogP contribution in [0, 0.1) is 13.8 Å². The molecule has 8 heteroatoms. The van der Waals surface area contributed by atoms with E-state index in [-0.39, 0.29) is 5.57 Å². The molecule has 0 radical (unpaired) electrons. The molecule has 1 aromatic heterocycles. The van der Waals surface area contributed by atoms with Crippen LogP contribution in [0.25, 0.3) is 6.08 Å². The minimum Gasteiger partial charge on any atom is -0.449 e. The zero-order valence-corrected chi connectivity index (χ0v) is 19.0. The maximum Gasteiger partial charge on any atom is 0.335 e. The van der Waals surface area contributed by atoms with Crippen LogP contribution in [0.2, 0.25) is 0 Å². The number of nitrogens with one attached hydrogen (secondary N) is 1. The number of rotatable bonds is 4. The molecule has 4 rings (SSSR count). The van der Waals surface area contributed by atoms with Crippen LogP contribution in [0.4, 0.5) is 10.5 Å². The molecule has 156 valence electrons. The van der Waals surface area contributed by atoms with Gasteiger partial charge in [-0.05, 0) is 65.7 Å². The van der Waals surface area contributed by atoms with Crippen LogP contribution in [-0.4, -0.2) is 17.8 Å². The highest BCUT2D eigenvalue weighted by molar-refractivity contribution is 9.10. The van der Waals surface area contributed by atoms with Crippen molar-refractivity contribution in [2.24, 2.45) is 0 Å². The van der Waals surface area contributed by atoms with Crippen molar-refractivity contribution in [1.82, 2.24) is 5.32 Å². The summed E-state index contributed by atoms with van der Waals surface area (Å²) >= 11 is 4.86. The largest absolute Gasteiger partial charge is 0.449 e. The molecule has 0 aliphatic carbocycles. The summed E-state index contributed by atoms with van der Waals surface area (Å²) in [5, 5.41) is 2.82. The summed E-state index contributed by atoms with van der Waals surface area (Å²) in [5.74, 6) is -1.15. The first-order chi connectivity index (χ1) is 14.8. The zero-order chi connectivity index (χ0) is 22.1. The fraction of sp³-hybridized carbons (Fsp3) is 0.0870. The summed E-state index contributed by atoms with van der Waals surface area (Å²) in [6, 6.07) is 15.9. The average molecular weight is 497 g/mol. The van der Waals surface area contributed by atoms with Gasteiger partial charge in [0.2, 0.25) is 0 Å². The second kappa shape index (κ2) is 8.56. The van der Waals surface area contributed by atoms with E-state index in [1.165, 1.54) is 17.8 Å². The molecule has 1 saturated heterocycles. The van der Waals surface area contributed by atoms with Gasteiger partial charge in [-0.25, -0.2) is 9.69 Å². The summed E-state index contributed by atoms with van der Waals surface area (Å²) < 4.78 is 6.52. The Kier molecular flexibility index (Phi) is 5.84. The number of halogens is 1. The van der Waals surface area contributed by atoms with E-state index in [0.29, 0.717) is 21.0 Å². The molecule has 4 amide bonds. The lowest BCUT2D eigenvalue weighted by Gasteiger charge is -2.27. The van der Waals surface area contributed by atoms with Crippen LogP contribution < -0.4 is 10.2 Å². The Morgan fingerprint density at radius 2 is 1.77 bits per heavy atom. The van der Waals surface area contributed by atoms with E-state index in [1.54, 1.807) is 25.1 Å². The number of furan rings is 1. The number of amides is 4. The van der Waals surface area contributed by atoms with E-state index < -0.39 is 17.8 Å². The van der Waals surface area contributed by atoms with Gasteiger partial charge in [-0.15, -0.1) is 0 Å². The van der Waals surface area contributed by atoms with Crippen LogP contribution in [0.5, 0.6) is 0 Å². The van der Waals surface area contributed by atoms with Crippen molar-refractivity contribution in [2.75, 3.05) is 4.90 Å². The Labute approximate surface area is 191 Å². The van der Waals surface area contributed by atoms with Gasteiger partial charge in [-0.1, -0.05) is 47.7 Å². The molecule has 2 heterocycles. The first kappa shape index (κ1) is 21.1. The van der Waals surface area contributed by atoms with Crippen molar-refractivity contribution < 1.29 is 18.8 Å². The molecule has 0 unspecified atom stereocenters. The second-order valence-electron chi connectivity index (χ2n) is 6.95. The normalized spacial score (nSPS) is 15.5. The molecule has 0 bridgehead atoms. The minimum atomic E-state index is -0.778. The van der Waals surface area contributed by atoms with Gasteiger partial charge in [0.15, 0.2) is 5.09 Å². The van der Waals surface area contributed by atoms with Crippen LogP contribution in [-0.2, 0) is 9.59 Å². The molecular formula is C23H17BrN2O4S. The fourth-order valence-corrected chi connectivity index (χ4v) is 4.53. The summed E-state index contributed by atoms with van der Waals surface area (Å²) in [7, 11) is 0. The lowest BCUT2D eigenvalue weighted by Crippen LogP contribution is -2.54. The van der Waals surface area contributed by atoms with Gasteiger partial charge in [0.1, 0.15) is 11.3 Å². The predicted octanol–water partition coefficient (Wildman–Crippen LogP) is 5.48. The Bertz CT molecular complexity index is 1230. The summed E-state index contributed by atoms with van der Waals surface area (Å²) in [6.45, 7) is 3.73. The standard InChI is InChI=1S/C23H17BrN2O4S/c1-13-8-9-19(14(2)10-13)26-21(28)17(20(27)25-23(26)29)11-15-12-18(24)22(30-15)31-16-6-4-3-5-7-16/h3-12H,1-2H3,(H,25,27,29)/b17-11+. The van der Waals surface area contributed by atoms with Crippen molar-refractivity contribution >= 4 is 57.3 Å². The van der Waals surface area contributed by atoms with E-state index in [1.807, 2.05) is 43.3 Å². The number of hydrogen-bond donors (Lipinski definition) is 1. The van der Waals surface area contributed by atoms with Gasteiger partial charge in [-0.2, -0.15) is 0 Å². The fourth-order valence-electron chi connectivity index (χ4n) is 3.18. The van der Waals surface area contributed by atoms with Gasteiger partial charge in [0.05, 0.1) is 10.2 Å². The molecule has 0 atom stereocenters. The molecule has 6 nitrogen and oxygen atoms in total. The maximum atomic E-state index is 13.1. The highest BCUT2D eigenvalue weighted by Gasteiger charge is 2.37. The highest BCUT2D eigenvalue weighted by atomic mass is 79.9. The third-order valence-electron chi connectivity index (χ3n) is 4.61. The molecule has 2 aromatic carbocycles. The van der Waals surface area contributed by atoms with Crippen LogP contribution in [0.15, 0.2) is 79.0 Å². The number of barbiturate groups is 1. The molecule has 0 spiro atoms. The Hall–Kier alpha value is -3.10. The van der Waals surface area contributed by atoms with Crippen molar-refractivity contribution in [2.45, 2.75) is 23.8 Å². The third kappa shape index (κ3) is 4.35. The topological polar surface area (TPSA) is 79.6 Å². The number of aryl methyl sites for hydroxylation is 2. The zero-order valence-electron chi connectivity index (χ0n) is 16.6. The monoisotopic (exact) mass is 496 g/mol. The Balaban J connectivity index is 1.67. The summed E-state index contributed by atoms with van der Waals surface area (Å²) in [6.07, 6.45) is 1.35. The summed E-state index contributed by atoms with van der Waals surface area (Å²) in [5.41, 5.74) is 1.99. The van der Waals surface area contributed by atoms with Gasteiger partial charge < -0.3 is 4.42 Å². The molecule has 31 heavy (non-hydrogen) atoms. The number of carbonyl (C=O) groups is 3. The van der Waals surface area contributed by atoms with Crippen LogP contribution in [0.1, 0.15) is 16.9 Å². The predicted molar refractivity (Wildman–Crippen MR) is 122 cm³/mol.